The van der Waals surface area contributed by atoms with E-state index >= 15 is 0 Å². The third kappa shape index (κ3) is 4.83. The second kappa shape index (κ2) is 8.67. The molecule has 2 aromatic rings. The zero-order chi connectivity index (χ0) is 17.5. The van der Waals surface area contributed by atoms with Gasteiger partial charge in [0.05, 0.1) is 0 Å². The van der Waals surface area contributed by atoms with Crippen molar-refractivity contribution in [1.82, 2.24) is 10.2 Å². The van der Waals surface area contributed by atoms with Crippen molar-refractivity contribution in [3.8, 4) is 5.75 Å². The predicted octanol–water partition coefficient (Wildman–Crippen LogP) is 3.48. The van der Waals surface area contributed by atoms with E-state index in [-0.39, 0.29) is 5.91 Å². The van der Waals surface area contributed by atoms with Gasteiger partial charge in [-0.05, 0) is 62.2 Å². The minimum atomic E-state index is 0.0847. The van der Waals surface area contributed by atoms with E-state index in [1.807, 2.05) is 66.5 Å². The van der Waals surface area contributed by atoms with Gasteiger partial charge in [-0.1, -0.05) is 30.3 Å². The number of hydrogen-bond acceptors (Lipinski definition) is 3. The zero-order valence-electron chi connectivity index (χ0n) is 14.8. The Morgan fingerprint density at radius 3 is 2.60 bits per heavy atom. The smallest absolute Gasteiger partial charge is 0.253 e. The van der Waals surface area contributed by atoms with Crippen molar-refractivity contribution in [3.05, 3.63) is 65.7 Å². The molecule has 1 fully saturated rings. The number of benzene rings is 2. The number of hydrogen-bond donors (Lipinski definition) is 1. The van der Waals surface area contributed by atoms with Crippen LogP contribution < -0.4 is 10.1 Å². The molecule has 1 unspecified atom stereocenters. The van der Waals surface area contributed by atoms with Gasteiger partial charge < -0.3 is 15.0 Å². The second-order valence-corrected chi connectivity index (χ2v) is 6.55. The van der Waals surface area contributed by atoms with Crippen LogP contribution in [0.3, 0.4) is 0 Å². The predicted molar refractivity (Wildman–Crippen MR) is 99.8 cm³/mol. The highest BCUT2D eigenvalue weighted by Gasteiger charge is 2.22. The molecule has 2 aromatic carbocycles. The third-order valence-electron chi connectivity index (χ3n) is 4.76. The summed E-state index contributed by atoms with van der Waals surface area (Å²) >= 11 is 0. The third-order valence-corrected chi connectivity index (χ3v) is 4.76. The summed E-state index contributed by atoms with van der Waals surface area (Å²) in [6.45, 7) is 2.56. The Morgan fingerprint density at radius 1 is 1.08 bits per heavy atom. The van der Waals surface area contributed by atoms with E-state index in [4.69, 9.17) is 4.74 Å². The highest BCUT2D eigenvalue weighted by Crippen LogP contribution is 2.18. The highest BCUT2D eigenvalue weighted by molar-refractivity contribution is 5.94. The molecule has 0 saturated carbocycles. The van der Waals surface area contributed by atoms with Crippen LogP contribution in [0.5, 0.6) is 5.75 Å². The minimum absolute atomic E-state index is 0.0847. The standard InChI is InChI=1S/C21H26N2O2/c1-23(19-8-5-14-22-15-13-19)21(24)18-9-11-20(12-10-18)25-16-17-6-3-2-4-7-17/h2-4,6-7,9-12,19,22H,5,8,13-16H2,1H3. The molecule has 1 amide bonds. The molecule has 1 aliphatic heterocycles. The van der Waals surface area contributed by atoms with Crippen LogP contribution in [0.4, 0.5) is 0 Å². The fourth-order valence-corrected chi connectivity index (χ4v) is 3.19. The van der Waals surface area contributed by atoms with Crippen LogP contribution >= 0.6 is 0 Å². The Bertz CT molecular complexity index is 662. The lowest BCUT2D eigenvalue weighted by atomic mass is 10.1. The molecular weight excluding hydrogens is 312 g/mol. The van der Waals surface area contributed by atoms with Crippen LogP contribution in [0.15, 0.2) is 54.6 Å². The summed E-state index contributed by atoms with van der Waals surface area (Å²) in [4.78, 5) is 14.6. The first-order chi connectivity index (χ1) is 12.2. The van der Waals surface area contributed by atoms with E-state index < -0.39 is 0 Å². The van der Waals surface area contributed by atoms with Crippen molar-refractivity contribution in [2.75, 3.05) is 20.1 Å². The molecule has 1 atom stereocenters. The van der Waals surface area contributed by atoms with E-state index in [9.17, 15) is 4.79 Å². The number of nitrogens with zero attached hydrogens (tertiary/aromatic N) is 1. The van der Waals surface area contributed by atoms with Gasteiger partial charge in [-0.25, -0.2) is 0 Å². The topological polar surface area (TPSA) is 41.6 Å². The molecule has 1 saturated heterocycles. The van der Waals surface area contributed by atoms with Gasteiger partial charge in [-0.3, -0.25) is 4.79 Å². The largest absolute Gasteiger partial charge is 0.489 e. The van der Waals surface area contributed by atoms with Gasteiger partial charge in [-0.15, -0.1) is 0 Å². The Hall–Kier alpha value is -2.33. The van der Waals surface area contributed by atoms with Gasteiger partial charge in [0.2, 0.25) is 0 Å². The SMILES string of the molecule is CN(C(=O)c1ccc(OCc2ccccc2)cc1)C1CCCNCC1. The van der Waals surface area contributed by atoms with Crippen molar-refractivity contribution in [2.24, 2.45) is 0 Å². The molecule has 1 aliphatic rings. The number of carbonyl (C=O) groups excluding carboxylic acids is 1. The first-order valence-corrected chi connectivity index (χ1v) is 8.99. The van der Waals surface area contributed by atoms with Crippen LogP contribution in [0.2, 0.25) is 0 Å². The first-order valence-electron chi connectivity index (χ1n) is 8.99. The summed E-state index contributed by atoms with van der Waals surface area (Å²) in [5.74, 6) is 0.864. The summed E-state index contributed by atoms with van der Waals surface area (Å²) in [5.41, 5.74) is 1.84. The molecule has 0 aliphatic carbocycles. The minimum Gasteiger partial charge on any atom is -0.489 e. The maximum atomic E-state index is 12.7. The molecule has 4 heteroatoms. The van der Waals surface area contributed by atoms with E-state index in [2.05, 4.69) is 5.32 Å². The average Bonchev–Trinajstić information content (AvgIpc) is 2.96. The number of ether oxygens (including phenoxy) is 1. The fourth-order valence-electron chi connectivity index (χ4n) is 3.19. The van der Waals surface area contributed by atoms with Crippen molar-refractivity contribution < 1.29 is 9.53 Å². The molecule has 0 radical (unpaired) electrons. The molecule has 1 heterocycles. The monoisotopic (exact) mass is 338 g/mol. The molecule has 0 spiro atoms. The lowest BCUT2D eigenvalue weighted by Crippen LogP contribution is -2.37. The molecule has 0 bridgehead atoms. The van der Waals surface area contributed by atoms with Crippen molar-refractivity contribution >= 4 is 5.91 Å². The molecule has 25 heavy (non-hydrogen) atoms. The Labute approximate surface area is 149 Å². The second-order valence-electron chi connectivity index (χ2n) is 6.55. The van der Waals surface area contributed by atoms with Gasteiger partial charge in [0.1, 0.15) is 12.4 Å². The summed E-state index contributed by atoms with van der Waals surface area (Å²) in [6, 6.07) is 17.8. The molecule has 3 rings (SSSR count). The molecular formula is C21H26N2O2. The van der Waals surface area contributed by atoms with Gasteiger partial charge in [-0.2, -0.15) is 0 Å². The van der Waals surface area contributed by atoms with Gasteiger partial charge >= 0.3 is 0 Å². The molecule has 1 N–H and O–H groups in total. The number of carbonyl (C=O) groups is 1. The van der Waals surface area contributed by atoms with Crippen LogP contribution in [-0.4, -0.2) is 37.0 Å². The Morgan fingerprint density at radius 2 is 1.84 bits per heavy atom. The molecule has 0 aromatic heterocycles. The first kappa shape index (κ1) is 17.5. The normalized spacial score (nSPS) is 17.6. The van der Waals surface area contributed by atoms with Crippen LogP contribution in [0.25, 0.3) is 0 Å². The van der Waals surface area contributed by atoms with Crippen LogP contribution in [0, 0.1) is 0 Å². The number of nitrogens with one attached hydrogen (secondary N) is 1. The summed E-state index contributed by atoms with van der Waals surface area (Å²) in [5, 5.41) is 3.39. The maximum absolute atomic E-state index is 12.7. The highest BCUT2D eigenvalue weighted by atomic mass is 16.5. The van der Waals surface area contributed by atoms with Crippen molar-refractivity contribution in [3.63, 3.8) is 0 Å². The molecule has 132 valence electrons. The van der Waals surface area contributed by atoms with E-state index in [1.165, 1.54) is 0 Å². The lowest BCUT2D eigenvalue weighted by molar-refractivity contribution is 0.0720. The van der Waals surface area contributed by atoms with E-state index in [0.717, 1.165) is 43.7 Å². The van der Waals surface area contributed by atoms with E-state index in [1.54, 1.807) is 0 Å². The zero-order valence-corrected chi connectivity index (χ0v) is 14.8. The average molecular weight is 338 g/mol. The Balaban J connectivity index is 1.58. The van der Waals surface area contributed by atoms with Gasteiger partial charge in [0.25, 0.3) is 5.91 Å². The van der Waals surface area contributed by atoms with Gasteiger partial charge in [0, 0.05) is 18.7 Å². The van der Waals surface area contributed by atoms with Crippen LogP contribution in [-0.2, 0) is 6.61 Å². The summed E-state index contributed by atoms with van der Waals surface area (Å²) in [7, 11) is 1.91. The fraction of sp³-hybridized carbons (Fsp3) is 0.381. The number of amides is 1. The number of rotatable bonds is 5. The Kier molecular flexibility index (Phi) is 6.07. The maximum Gasteiger partial charge on any atom is 0.253 e. The summed E-state index contributed by atoms with van der Waals surface area (Å²) < 4.78 is 5.79. The van der Waals surface area contributed by atoms with Crippen molar-refractivity contribution in [1.29, 1.82) is 0 Å². The van der Waals surface area contributed by atoms with Crippen LogP contribution in [0.1, 0.15) is 35.2 Å². The lowest BCUT2D eigenvalue weighted by Gasteiger charge is -2.27. The van der Waals surface area contributed by atoms with E-state index in [0.29, 0.717) is 18.2 Å². The van der Waals surface area contributed by atoms with Crippen molar-refractivity contribution in [2.45, 2.75) is 31.9 Å². The molecule has 4 nitrogen and oxygen atoms in total. The summed E-state index contributed by atoms with van der Waals surface area (Å²) in [6.07, 6.45) is 3.20. The van der Waals surface area contributed by atoms with Gasteiger partial charge in [0.15, 0.2) is 0 Å². The quantitative estimate of drug-likeness (QED) is 0.907.